The maximum absolute atomic E-state index is 11.7. The summed E-state index contributed by atoms with van der Waals surface area (Å²) in [4.78, 5) is 14.0. The third-order valence-electron chi connectivity index (χ3n) is 3.35. The maximum atomic E-state index is 11.7. The Kier molecular flexibility index (Phi) is 5.69. The summed E-state index contributed by atoms with van der Waals surface area (Å²) in [7, 11) is 0. The zero-order valence-corrected chi connectivity index (χ0v) is 10.1. The van der Waals surface area contributed by atoms with E-state index in [1.807, 2.05) is 0 Å². The SMILES string of the molecule is CCN(CC)CCNC(=O)C1CCCC1. The lowest BCUT2D eigenvalue weighted by Crippen LogP contribution is -2.37. The van der Waals surface area contributed by atoms with Crippen LogP contribution in [0.25, 0.3) is 0 Å². The number of carbonyl (C=O) groups is 1. The topological polar surface area (TPSA) is 32.3 Å². The highest BCUT2D eigenvalue weighted by molar-refractivity contribution is 5.78. The highest BCUT2D eigenvalue weighted by atomic mass is 16.1. The van der Waals surface area contributed by atoms with Crippen molar-refractivity contribution in [2.45, 2.75) is 39.5 Å². The fourth-order valence-corrected chi connectivity index (χ4v) is 2.21. The van der Waals surface area contributed by atoms with E-state index < -0.39 is 0 Å². The summed E-state index contributed by atoms with van der Waals surface area (Å²) in [5, 5.41) is 3.04. The molecule has 1 aliphatic carbocycles. The Balaban J connectivity index is 2.10. The molecule has 1 saturated carbocycles. The molecule has 0 heterocycles. The van der Waals surface area contributed by atoms with Gasteiger partial charge in [-0.05, 0) is 25.9 Å². The Bertz CT molecular complexity index is 184. The molecule has 0 aromatic carbocycles. The monoisotopic (exact) mass is 212 g/mol. The molecule has 0 bridgehead atoms. The van der Waals surface area contributed by atoms with Crippen LogP contribution in [0.2, 0.25) is 0 Å². The summed E-state index contributed by atoms with van der Waals surface area (Å²) in [6.45, 7) is 8.22. The first kappa shape index (κ1) is 12.5. The van der Waals surface area contributed by atoms with Gasteiger partial charge in [-0.1, -0.05) is 26.7 Å². The van der Waals surface area contributed by atoms with Gasteiger partial charge in [0, 0.05) is 19.0 Å². The van der Waals surface area contributed by atoms with E-state index in [0.29, 0.717) is 5.92 Å². The lowest BCUT2D eigenvalue weighted by molar-refractivity contribution is -0.124. The molecule has 0 aromatic rings. The number of hydrogen-bond donors (Lipinski definition) is 1. The maximum Gasteiger partial charge on any atom is 0.223 e. The minimum atomic E-state index is 0.277. The average molecular weight is 212 g/mol. The van der Waals surface area contributed by atoms with E-state index in [1.54, 1.807) is 0 Å². The molecule has 0 aliphatic heterocycles. The van der Waals surface area contributed by atoms with Crippen LogP contribution in [0.15, 0.2) is 0 Å². The number of hydrogen-bond acceptors (Lipinski definition) is 2. The van der Waals surface area contributed by atoms with Crippen LogP contribution < -0.4 is 5.32 Å². The van der Waals surface area contributed by atoms with Gasteiger partial charge < -0.3 is 10.2 Å². The first-order valence-corrected chi connectivity index (χ1v) is 6.28. The predicted molar refractivity (Wildman–Crippen MR) is 62.8 cm³/mol. The molecule has 15 heavy (non-hydrogen) atoms. The summed E-state index contributed by atoms with van der Waals surface area (Å²) in [5.41, 5.74) is 0. The van der Waals surface area contributed by atoms with Crippen LogP contribution in [-0.2, 0) is 4.79 Å². The summed E-state index contributed by atoms with van der Waals surface area (Å²) < 4.78 is 0. The van der Waals surface area contributed by atoms with Crippen molar-refractivity contribution in [3.63, 3.8) is 0 Å². The number of nitrogens with zero attached hydrogens (tertiary/aromatic N) is 1. The molecule has 0 aromatic heterocycles. The van der Waals surface area contributed by atoms with Crippen LogP contribution in [-0.4, -0.2) is 37.0 Å². The van der Waals surface area contributed by atoms with Crippen molar-refractivity contribution < 1.29 is 4.79 Å². The zero-order chi connectivity index (χ0) is 11.1. The van der Waals surface area contributed by atoms with Gasteiger partial charge in [0.15, 0.2) is 0 Å². The quantitative estimate of drug-likeness (QED) is 0.726. The van der Waals surface area contributed by atoms with Crippen molar-refractivity contribution >= 4 is 5.91 Å². The zero-order valence-electron chi connectivity index (χ0n) is 10.1. The minimum Gasteiger partial charge on any atom is -0.355 e. The second kappa shape index (κ2) is 6.83. The summed E-state index contributed by atoms with van der Waals surface area (Å²) in [6, 6.07) is 0. The van der Waals surface area contributed by atoms with Gasteiger partial charge in [0.2, 0.25) is 5.91 Å². The number of carbonyl (C=O) groups excluding carboxylic acids is 1. The largest absolute Gasteiger partial charge is 0.355 e. The summed E-state index contributed by atoms with van der Waals surface area (Å²) in [5.74, 6) is 0.585. The van der Waals surface area contributed by atoms with Gasteiger partial charge in [-0.3, -0.25) is 4.79 Å². The molecule has 0 saturated heterocycles. The Morgan fingerprint density at radius 2 is 1.87 bits per heavy atom. The van der Waals surface area contributed by atoms with Crippen molar-refractivity contribution in [3.05, 3.63) is 0 Å². The van der Waals surface area contributed by atoms with Gasteiger partial charge in [-0.25, -0.2) is 0 Å². The Morgan fingerprint density at radius 1 is 1.27 bits per heavy atom. The molecule has 1 fully saturated rings. The van der Waals surface area contributed by atoms with Crippen LogP contribution >= 0.6 is 0 Å². The Labute approximate surface area is 93.2 Å². The summed E-state index contributed by atoms with van der Waals surface area (Å²) >= 11 is 0. The average Bonchev–Trinajstić information content (AvgIpc) is 2.77. The lowest BCUT2D eigenvalue weighted by atomic mass is 10.1. The van der Waals surface area contributed by atoms with Crippen LogP contribution in [0, 0.1) is 5.92 Å². The molecule has 1 N–H and O–H groups in total. The molecule has 0 radical (unpaired) electrons. The first-order valence-electron chi connectivity index (χ1n) is 6.28. The highest BCUT2D eigenvalue weighted by Crippen LogP contribution is 2.24. The molecule has 3 heteroatoms. The van der Waals surface area contributed by atoms with Crippen molar-refractivity contribution in [3.8, 4) is 0 Å². The highest BCUT2D eigenvalue weighted by Gasteiger charge is 2.21. The third kappa shape index (κ3) is 4.20. The van der Waals surface area contributed by atoms with E-state index in [4.69, 9.17) is 0 Å². The van der Waals surface area contributed by atoms with Crippen LogP contribution in [0.5, 0.6) is 0 Å². The molecule has 0 unspecified atom stereocenters. The van der Waals surface area contributed by atoms with Crippen molar-refractivity contribution in [2.75, 3.05) is 26.2 Å². The van der Waals surface area contributed by atoms with Crippen LogP contribution in [0.4, 0.5) is 0 Å². The molecular weight excluding hydrogens is 188 g/mol. The summed E-state index contributed by atoms with van der Waals surface area (Å²) in [6.07, 6.45) is 4.65. The minimum absolute atomic E-state index is 0.277. The van der Waals surface area contributed by atoms with E-state index in [-0.39, 0.29) is 5.91 Å². The number of likely N-dealkylation sites (N-methyl/N-ethyl adjacent to an activating group) is 1. The van der Waals surface area contributed by atoms with Crippen LogP contribution in [0.3, 0.4) is 0 Å². The molecule has 1 amide bonds. The molecule has 3 nitrogen and oxygen atoms in total. The second-order valence-electron chi connectivity index (χ2n) is 4.30. The second-order valence-corrected chi connectivity index (χ2v) is 4.30. The van der Waals surface area contributed by atoms with Crippen molar-refractivity contribution in [2.24, 2.45) is 5.92 Å². The van der Waals surface area contributed by atoms with Gasteiger partial charge >= 0.3 is 0 Å². The smallest absolute Gasteiger partial charge is 0.223 e. The van der Waals surface area contributed by atoms with E-state index in [2.05, 4.69) is 24.1 Å². The van der Waals surface area contributed by atoms with E-state index in [1.165, 1.54) is 12.8 Å². The van der Waals surface area contributed by atoms with Crippen LogP contribution in [0.1, 0.15) is 39.5 Å². The Morgan fingerprint density at radius 3 is 2.40 bits per heavy atom. The van der Waals surface area contributed by atoms with E-state index >= 15 is 0 Å². The molecule has 0 atom stereocenters. The predicted octanol–water partition coefficient (Wildman–Crippen LogP) is 1.63. The number of nitrogens with one attached hydrogen (secondary N) is 1. The van der Waals surface area contributed by atoms with Gasteiger partial charge in [-0.15, -0.1) is 0 Å². The molecular formula is C12H24N2O. The van der Waals surface area contributed by atoms with Crippen molar-refractivity contribution in [1.29, 1.82) is 0 Å². The van der Waals surface area contributed by atoms with Crippen molar-refractivity contribution in [1.82, 2.24) is 10.2 Å². The number of amides is 1. The van der Waals surface area contributed by atoms with Gasteiger partial charge in [0.25, 0.3) is 0 Å². The molecule has 1 aliphatic rings. The Hall–Kier alpha value is -0.570. The van der Waals surface area contributed by atoms with Gasteiger partial charge in [-0.2, -0.15) is 0 Å². The van der Waals surface area contributed by atoms with Gasteiger partial charge in [0.1, 0.15) is 0 Å². The first-order chi connectivity index (χ1) is 7.27. The number of rotatable bonds is 6. The molecule has 0 spiro atoms. The fourth-order valence-electron chi connectivity index (χ4n) is 2.21. The molecule has 1 rings (SSSR count). The third-order valence-corrected chi connectivity index (χ3v) is 3.35. The fraction of sp³-hybridized carbons (Fsp3) is 0.917. The molecule has 88 valence electrons. The lowest BCUT2D eigenvalue weighted by Gasteiger charge is -2.18. The standard InChI is InChI=1S/C12H24N2O/c1-3-14(4-2)10-9-13-12(15)11-7-5-6-8-11/h11H,3-10H2,1-2H3,(H,13,15). The van der Waals surface area contributed by atoms with E-state index in [9.17, 15) is 4.79 Å². The van der Waals surface area contributed by atoms with Gasteiger partial charge in [0.05, 0.1) is 0 Å². The van der Waals surface area contributed by atoms with E-state index in [0.717, 1.165) is 39.0 Å². The normalized spacial score (nSPS) is 17.3.